The van der Waals surface area contributed by atoms with Crippen LogP contribution in [0, 0.1) is 6.92 Å². The van der Waals surface area contributed by atoms with Crippen molar-refractivity contribution in [1.29, 1.82) is 0 Å². The number of hydrogen-bond acceptors (Lipinski definition) is 2. The van der Waals surface area contributed by atoms with Gasteiger partial charge in [0.1, 0.15) is 0 Å². The van der Waals surface area contributed by atoms with Gasteiger partial charge >= 0.3 is 0 Å². The monoisotopic (exact) mass is 228 g/mol. The molecule has 0 aromatic heterocycles. The van der Waals surface area contributed by atoms with Crippen LogP contribution in [0.5, 0.6) is 0 Å². The lowest BCUT2D eigenvalue weighted by atomic mass is 10.2. The molecule has 0 bridgehead atoms. The number of benzene rings is 1. The van der Waals surface area contributed by atoms with Crippen LogP contribution in [0.3, 0.4) is 0 Å². The van der Waals surface area contributed by atoms with Gasteiger partial charge in [0.25, 0.3) is 6.43 Å². The lowest BCUT2D eigenvalue weighted by Gasteiger charge is -2.06. The molecule has 0 aliphatic rings. The van der Waals surface area contributed by atoms with E-state index in [0.29, 0.717) is 5.69 Å². The summed E-state index contributed by atoms with van der Waals surface area (Å²) in [7, 11) is 0. The summed E-state index contributed by atoms with van der Waals surface area (Å²) in [6.07, 6.45) is -2.44. The Morgan fingerprint density at radius 3 is 2.81 bits per heavy atom. The smallest absolute Gasteiger partial charge is 0.250 e. The van der Waals surface area contributed by atoms with Gasteiger partial charge in [-0.25, -0.2) is 8.78 Å². The fourth-order valence-corrected chi connectivity index (χ4v) is 1.22. The maximum atomic E-state index is 11.8. The Kier molecular flexibility index (Phi) is 4.85. The van der Waals surface area contributed by atoms with Gasteiger partial charge in [0.2, 0.25) is 5.91 Å². The standard InChI is InChI=1S/C11H14F2N2O/c1-8-3-2-4-9(5-8)15-11(16)7-14-6-10(12)13/h2-5,10,14H,6-7H2,1H3,(H,15,16). The van der Waals surface area contributed by atoms with Crippen LogP contribution in [0.25, 0.3) is 0 Å². The molecular weight excluding hydrogens is 214 g/mol. The zero-order valence-electron chi connectivity index (χ0n) is 8.97. The number of carbonyl (C=O) groups is 1. The van der Waals surface area contributed by atoms with Crippen molar-refractivity contribution in [3.05, 3.63) is 29.8 Å². The van der Waals surface area contributed by atoms with Crippen molar-refractivity contribution in [1.82, 2.24) is 5.32 Å². The summed E-state index contributed by atoms with van der Waals surface area (Å²) in [6.45, 7) is 1.32. The van der Waals surface area contributed by atoms with Gasteiger partial charge in [-0.15, -0.1) is 0 Å². The van der Waals surface area contributed by atoms with Crippen LogP contribution in [0.2, 0.25) is 0 Å². The molecule has 0 atom stereocenters. The second kappa shape index (κ2) is 6.17. The molecular formula is C11H14F2N2O. The maximum Gasteiger partial charge on any atom is 0.250 e. The van der Waals surface area contributed by atoms with Crippen molar-refractivity contribution >= 4 is 11.6 Å². The molecule has 0 radical (unpaired) electrons. The molecule has 88 valence electrons. The molecule has 1 aromatic carbocycles. The van der Waals surface area contributed by atoms with Crippen molar-refractivity contribution in [2.45, 2.75) is 13.3 Å². The second-order valence-electron chi connectivity index (χ2n) is 3.44. The summed E-state index contributed by atoms with van der Waals surface area (Å²) in [5.74, 6) is -0.328. The number of hydrogen-bond donors (Lipinski definition) is 2. The predicted octanol–water partition coefficient (Wildman–Crippen LogP) is 1.79. The molecule has 0 aliphatic heterocycles. The number of nitrogens with one attached hydrogen (secondary N) is 2. The molecule has 2 N–H and O–H groups in total. The highest BCUT2D eigenvalue weighted by molar-refractivity contribution is 5.92. The molecule has 0 fully saturated rings. The number of amides is 1. The predicted molar refractivity (Wildman–Crippen MR) is 58.7 cm³/mol. The van der Waals surface area contributed by atoms with Crippen LogP contribution in [-0.4, -0.2) is 25.4 Å². The van der Waals surface area contributed by atoms with E-state index in [1.54, 1.807) is 6.07 Å². The lowest BCUT2D eigenvalue weighted by molar-refractivity contribution is -0.115. The van der Waals surface area contributed by atoms with Gasteiger partial charge in [0, 0.05) is 5.69 Å². The third-order valence-corrected chi connectivity index (χ3v) is 1.89. The van der Waals surface area contributed by atoms with Crippen LogP contribution in [0.4, 0.5) is 14.5 Å². The van der Waals surface area contributed by atoms with Crippen molar-refractivity contribution in [3.8, 4) is 0 Å². The summed E-state index contributed by atoms with van der Waals surface area (Å²) in [5, 5.41) is 4.97. The number of aryl methyl sites for hydroxylation is 1. The van der Waals surface area contributed by atoms with Gasteiger partial charge < -0.3 is 10.6 Å². The largest absolute Gasteiger partial charge is 0.325 e. The van der Waals surface area contributed by atoms with Crippen LogP contribution >= 0.6 is 0 Å². The molecule has 3 nitrogen and oxygen atoms in total. The molecule has 0 unspecified atom stereocenters. The fourth-order valence-electron chi connectivity index (χ4n) is 1.22. The normalized spacial score (nSPS) is 10.5. The zero-order chi connectivity index (χ0) is 12.0. The Morgan fingerprint density at radius 1 is 1.44 bits per heavy atom. The van der Waals surface area contributed by atoms with E-state index in [2.05, 4.69) is 10.6 Å². The summed E-state index contributed by atoms with van der Waals surface area (Å²) in [6, 6.07) is 7.28. The Bertz CT molecular complexity index is 356. The lowest BCUT2D eigenvalue weighted by Crippen LogP contribution is -2.31. The van der Waals surface area contributed by atoms with Gasteiger partial charge in [0.15, 0.2) is 0 Å². The summed E-state index contributed by atoms with van der Waals surface area (Å²) in [4.78, 5) is 11.3. The number of rotatable bonds is 5. The molecule has 1 amide bonds. The van der Waals surface area contributed by atoms with Crippen molar-refractivity contribution in [2.75, 3.05) is 18.4 Å². The first kappa shape index (κ1) is 12.6. The van der Waals surface area contributed by atoms with Crippen LogP contribution in [0.15, 0.2) is 24.3 Å². The Hall–Kier alpha value is -1.49. The van der Waals surface area contributed by atoms with Crippen molar-refractivity contribution < 1.29 is 13.6 Å². The number of alkyl halides is 2. The average Bonchev–Trinajstić information content (AvgIpc) is 2.16. The van der Waals surface area contributed by atoms with E-state index >= 15 is 0 Å². The second-order valence-corrected chi connectivity index (χ2v) is 3.44. The van der Waals surface area contributed by atoms with E-state index in [4.69, 9.17) is 0 Å². The van der Waals surface area contributed by atoms with Crippen LogP contribution in [0.1, 0.15) is 5.56 Å². The quantitative estimate of drug-likeness (QED) is 0.806. The highest BCUT2D eigenvalue weighted by Gasteiger charge is 2.05. The third-order valence-electron chi connectivity index (χ3n) is 1.89. The molecule has 0 saturated carbocycles. The van der Waals surface area contributed by atoms with E-state index in [1.165, 1.54) is 0 Å². The minimum absolute atomic E-state index is 0.113. The van der Waals surface area contributed by atoms with E-state index in [0.717, 1.165) is 5.56 Å². The Balaban J connectivity index is 2.34. The highest BCUT2D eigenvalue weighted by Crippen LogP contribution is 2.08. The van der Waals surface area contributed by atoms with Gasteiger partial charge in [-0.1, -0.05) is 12.1 Å². The number of carbonyl (C=O) groups excluding carboxylic acids is 1. The zero-order valence-corrected chi connectivity index (χ0v) is 8.97. The van der Waals surface area contributed by atoms with Crippen molar-refractivity contribution in [2.24, 2.45) is 0 Å². The molecule has 1 aromatic rings. The van der Waals surface area contributed by atoms with Crippen LogP contribution in [-0.2, 0) is 4.79 Å². The molecule has 16 heavy (non-hydrogen) atoms. The van der Waals surface area contributed by atoms with E-state index < -0.39 is 13.0 Å². The average molecular weight is 228 g/mol. The number of anilines is 1. The maximum absolute atomic E-state index is 11.8. The Morgan fingerprint density at radius 2 is 2.19 bits per heavy atom. The molecule has 5 heteroatoms. The van der Waals surface area contributed by atoms with Gasteiger partial charge in [-0.05, 0) is 24.6 Å². The van der Waals surface area contributed by atoms with Gasteiger partial charge in [0.05, 0.1) is 13.1 Å². The summed E-state index contributed by atoms with van der Waals surface area (Å²) in [5.41, 5.74) is 1.70. The van der Waals surface area contributed by atoms with E-state index in [-0.39, 0.29) is 12.5 Å². The van der Waals surface area contributed by atoms with E-state index in [9.17, 15) is 13.6 Å². The first-order chi connectivity index (χ1) is 7.58. The van der Waals surface area contributed by atoms with Crippen LogP contribution < -0.4 is 10.6 Å². The van der Waals surface area contributed by atoms with Gasteiger partial charge in [-0.3, -0.25) is 4.79 Å². The molecule has 1 rings (SSSR count). The summed E-state index contributed by atoms with van der Waals surface area (Å²) >= 11 is 0. The first-order valence-corrected chi connectivity index (χ1v) is 4.93. The Labute approximate surface area is 92.8 Å². The van der Waals surface area contributed by atoms with E-state index in [1.807, 2.05) is 25.1 Å². The van der Waals surface area contributed by atoms with Gasteiger partial charge in [-0.2, -0.15) is 0 Å². The molecule has 0 aliphatic carbocycles. The first-order valence-electron chi connectivity index (χ1n) is 4.93. The topological polar surface area (TPSA) is 41.1 Å². The minimum atomic E-state index is -2.44. The molecule has 0 spiro atoms. The highest BCUT2D eigenvalue weighted by atomic mass is 19.3. The SMILES string of the molecule is Cc1cccc(NC(=O)CNCC(F)F)c1. The minimum Gasteiger partial charge on any atom is -0.325 e. The van der Waals surface area contributed by atoms with Crippen molar-refractivity contribution in [3.63, 3.8) is 0 Å². The fraction of sp³-hybridized carbons (Fsp3) is 0.364. The summed E-state index contributed by atoms with van der Waals surface area (Å²) < 4.78 is 23.5. The molecule has 0 heterocycles. The third kappa shape index (κ3) is 4.84. The molecule has 0 saturated heterocycles. The number of halogens is 2.